The Morgan fingerprint density at radius 2 is 1.92 bits per heavy atom. The fourth-order valence-corrected chi connectivity index (χ4v) is 3.28. The molecule has 0 bridgehead atoms. The Labute approximate surface area is 145 Å². The third-order valence-corrected chi connectivity index (χ3v) is 4.76. The second kappa shape index (κ2) is 8.14. The van der Waals surface area contributed by atoms with E-state index >= 15 is 0 Å². The van der Waals surface area contributed by atoms with Crippen molar-refractivity contribution in [2.45, 2.75) is 11.3 Å². The summed E-state index contributed by atoms with van der Waals surface area (Å²) >= 11 is 5.78. The molecule has 0 atom stereocenters. The molecule has 0 saturated carbocycles. The number of aromatic carboxylic acids is 1. The molecule has 0 heterocycles. The maximum absolute atomic E-state index is 12.1. The number of rotatable bonds is 8. The smallest absolute Gasteiger partial charge is 0.335 e. The second-order valence-electron chi connectivity index (χ2n) is 4.89. The molecule has 2 aromatic rings. The first kappa shape index (κ1) is 18.3. The van der Waals surface area contributed by atoms with Crippen LogP contribution in [0, 0.1) is 0 Å². The lowest BCUT2D eigenvalue weighted by molar-refractivity contribution is 0.0696. The largest absolute Gasteiger partial charge is 0.494 e. The number of hydrogen-bond acceptors (Lipinski definition) is 4. The number of hydrogen-bond donors (Lipinski definition) is 2. The van der Waals surface area contributed by atoms with E-state index in [0.29, 0.717) is 17.2 Å². The van der Waals surface area contributed by atoms with E-state index in [2.05, 4.69) is 4.72 Å². The number of nitrogens with one attached hydrogen (secondary N) is 1. The van der Waals surface area contributed by atoms with Gasteiger partial charge in [0.15, 0.2) is 0 Å². The molecule has 6 nitrogen and oxygen atoms in total. The standard InChI is InChI=1S/C16H16ClNO5S/c17-13-5-2-7-15(11-13)24(21,22)18-8-3-9-23-14-6-1-4-12(10-14)16(19)20/h1-2,4-7,10-11,18H,3,8-9H2,(H,19,20). The minimum atomic E-state index is -3.61. The Morgan fingerprint density at radius 1 is 1.17 bits per heavy atom. The number of ether oxygens (including phenoxy) is 1. The molecule has 2 N–H and O–H groups in total. The Bertz CT molecular complexity index is 823. The number of carboxylic acid groups (broad SMARTS) is 1. The molecule has 24 heavy (non-hydrogen) atoms. The van der Waals surface area contributed by atoms with Crippen molar-refractivity contribution in [3.05, 3.63) is 59.1 Å². The molecular weight excluding hydrogens is 354 g/mol. The van der Waals surface area contributed by atoms with E-state index in [0.717, 1.165) is 0 Å². The van der Waals surface area contributed by atoms with Crippen molar-refractivity contribution in [1.82, 2.24) is 4.72 Å². The Morgan fingerprint density at radius 3 is 2.62 bits per heavy atom. The van der Waals surface area contributed by atoms with Gasteiger partial charge in [-0.2, -0.15) is 0 Å². The van der Waals surface area contributed by atoms with Crippen LogP contribution in [0.25, 0.3) is 0 Å². The van der Waals surface area contributed by atoms with Gasteiger partial charge >= 0.3 is 5.97 Å². The maximum atomic E-state index is 12.1. The highest BCUT2D eigenvalue weighted by molar-refractivity contribution is 7.89. The molecule has 0 aliphatic rings. The topological polar surface area (TPSA) is 92.7 Å². The van der Waals surface area contributed by atoms with Crippen LogP contribution in [0.15, 0.2) is 53.4 Å². The molecule has 128 valence electrons. The van der Waals surface area contributed by atoms with Gasteiger partial charge in [-0.3, -0.25) is 0 Å². The van der Waals surface area contributed by atoms with Crippen molar-refractivity contribution >= 4 is 27.6 Å². The Kier molecular flexibility index (Phi) is 6.19. The first-order valence-corrected chi connectivity index (χ1v) is 8.96. The molecule has 0 aromatic heterocycles. The summed E-state index contributed by atoms with van der Waals surface area (Å²) in [7, 11) is -3.61. The SMILES string of the molecule is O=C(O)c1cccc(OCCCNS(=O)(=O)c2cccc(Cl)c2)c1. The van der Waals surface area contributed by atoms with Crippen LogP contribution in [-0.2, 0) is 10.0 Å². The average molecular weight is 370 g/mol. The van der Waals surface area contributed by atoms with E-state index in [1.165, 1.54) is 24.3 Å². The lowest BCUT2D eigenvalue weighted by atomic mass is 10.2. The van der Waals surface area contributed by atoms with Gasteiger partial charge in [0.2, 0.25) is 10.0 Å². The van der Waals surface area contributed by atoms with Crippen molar-refractivity contribution in [2.75, 3.05) is 13.2 Å². The van der Waals surface area contributed by atoms with Gasteiger partial charge in [-0.15, -0.1) is 0 Å². The van der Waals surface area contributed by atoms with Crippen LogP contribution in [0.2, 0.25) is 5.02 Å². The first-order chi connectivity index (χ1) is 11.4. The Hall–Kier alpha value is -2.09. The monoisotopic (exact) mass is 369 g/mol. The molecule has 2 rings (SSSR count). The molecule has 0 amide bonds. The van der Waals surface area contributed by atoms with Crippen LogP contribution in [-0.4, -0.2) is 32.6 Å². The van der Waals surface area contributed by atoms with Crippen LogP contribution in [0.5, 0.6) is 5.75 Å². The van der Waals surface area contributed by atoms with Gasteiger partial charge in [-0.05, 0) is 42.8 Å². The van der Waals surface area contributed by atoms with Gasteiger partial charge < -0.3 is 9.84 Å². The third-order valence-electron chi connectivity index (χ3n) is 3.07. The van der Waals surface area contributed by atoms with E-state index in [1.807, 2.05) is 0 Å². The number of carboxylic acids is 1. The fraction of sp³-hybridized carbons (Fsp3) is 0.188. The number of benzene rings is 2. The van der Waals surface area contributed by atoms with E-state index in [-0.39, 0.29) is 23.6 Å². The van der Waals surface area contributed by atoms with Crippen molar-refractivity contribution in [2.24, 2.45) is 0 Å². The van der Waals surface area contributed by atoms with E-state index < -0.39 is 16.0 Å². The van der Waals surface area contributed by atoms with Gasteiger partial charge in [-0.25, -0.2) is 17.9 Å². The van der Waals surface area contributed by atoms with Crippen molar-refractivity contribution in [1.29, 1.82) is 0 Å². The van der Waals surface area contributed by atoms with Crippen LogP contribution in [0.4, 0.5) is 0 Å². The molecule has 2 aromatic carbocycles. The highest BCUT2D eigenvalue weighted by Gasteiger charge is 2.13. The molecule has 0 fully saturated rings. The van der Waals surface area contributed by atoms with E-state index in [4.69, 9.17) is 21.4 Å². The van der Waals surface area contributed by atoms with Gasteiger partial charge in [0.1, 0.15) is 5.75 Å². The normalized spacial score (nSPS) is 11.2. The molecule has 0 aliphatic carbocycles. The number of carbonyl (C=O) groups is 1. The predicted octanol–water partition coefficient (Wildman–Crippen LogP) is 2.79. The molecule has 0 radical (unpaired) electrons. The average Bonchev–Trinajstić information content (AvgIpc) is 2.54. The Balaban J connectivity index is 1.81. The molecule has 0 aliphatic heterocycles. The number of sulfonamides is 1. The quantitative estimate of drug-likeness (QED) is 0.698. The fourth-order valence-electron chi connectivity index (χ4n) is 1.91. The van der Waals surface area contributed by atoms with E-state index in [9.17, 15) is 13.2 Å². The molecule has 0 spiro atoms. The van der Waals surface area contributed by atoms with Gasteiger partial charge in [0.05, 0.1) is 17.1 Å². The zero-order chi connectivity index (χ0) is 17.6. The first-order valence-electron chi connectivity index (χ1n) is 7.10. The molecule has 8 heteroatoms. The highest BCUT2D eigenvalue weighted by atomic mass is 35.5. The third kappa shape index (κ3) is 5.23. The maximum Gasteiger partial charge on any atom is 0.335 e. The van der Waals surface area contributed by atoms with Crippen LogP contribution in [0.1, 0.15) is 16.8 Å². The van der Waals surface area contributed by atoms with Crippen molar-refractivity contribution in [3.63, 3.8) is 0 Å². The molecule has 0 unspecified atom stereocenters. The van der Waals surface area contributed by atoms with Crippen molar-refractivity contribution in [3.8, 4) is 5.75 Å². The van der Waals surface area contributed by atoms with E-state index in [1.54, 1.807) is 24.3 Å². The zero-order valence-electron chi connectivity index (χ0n) is 12.6. The summed E-state index contributed by atoms with van der Waals surface area (Å²) < 4.78 is 32.0. The molecular formula is C16H16ClNO5S. The zero-order valence-corrected chi connectivity index (χ0v) is 14.2. The summed E-state index contributed by atoms with van der Waals surface area (Å²) in [6.07, 6.45) is 0.428. The minimum absolute atomic E-state index is 0.102. The number of halogens is 1. The lowest BCUT2D eigenvalue weighted by Crippen LogP contribution is -2.25. The highest BCUT2D eigenvalue weighted by Crippen LogP contribution is 2.15. The second-order valence-corrected chi connectivity index (χ2v) is 7.09. The summed E-state index contributed by atoms with van der Waals surface area (Å²) in [4.78, 5) is 11.0. The minimum Gasteiger partial charge on any atom is -0.494 e. The van der Waals surface area contributed by atoms with Crippen LogP contribution < -0.4 is 9.46 Å². The van der Waals surface area contributed by atoms with Crippen LogP contribution in [0.3, 0.4) is 0 Å². The van der Waals surface area contributed by atoms with Gasteiger partial charge in [-0.1, -0.05) is 23.7 Å². The molecule has 0 saturated heterocycles. The van der Waals surface area contributed by atoms with Crippen molar-refractivity contribution < 1.29 is 23.1 Å². The summed E-state index contributed by atoms with van der Waals surface area (Å²) in [5.74, 6) is -0.609. The summed E-state index contributed by atoms with van der Waals surface area (Å²) in [5, 5.41) is 9.24. The lowest BCUT2D eigenvalue weighted by Gasteiger charge is -2.09. The summed E-state index contributed by atoms with van der Waals surface area (Å²) in [6.45, 7) is 0.439. The van der Waals surface area contributed by atoms with Gasteiger partial charge in [0.25, 0.3) is 0 Å². The van der Waals surface area contributed by atoms with Crippen LogP contribution >= 0.6 is 11.6 Å². The predicted molar refractivity (Wildman–Crippen MR) is 90.2 cm³/mol. The summed E-state index contributed by atoms with van der Waals surface area (Å²) in [5.41, 5.74) is 0.133. The summed E-state index contributed by atoms with van der Waals surface area (Å²) in [6, 6.07) is 12.1. The van der Waals surface area contributed by atoms with Gasteiger partial charge in [0, 0.05) is 11.6 Å².